The average molecular weight is 270 g/mol. The predicted octanol–water partition coefficient (Wildman–Crippen LogP) is 1.86. The summed E-state index contributed by atoms with van der Waals surface area (Å²) < 4.78 is 42.0. The fourth-order valence-electron chi connectivity index (χ4n) is 1.12. The van der Waals surface area contributed by atoms with Gasteiger partial charge in [0.1, 0.15) is 11.5 Å². The van der Waals surface area contributed by atoms with E-state index in [1.165, 1.54) is 36.7 Å². The lowest BCUT2D eigenvalue weighted by atomic mass is 10.3. The highest BCUT2D eigenvalue weighted by Gasteiger charge is 2.09. The van der Waals surface area contributed by atoms with Gasteiger partial charge in [-0.3, -0.25) is 0 Å². The summed E-state index contributed by atoms with van der Waals surface area (Å²) >= 11 is 0. The van der Waals surface area contributed by atoms with Crippen molar-refractivity contribution in [2.75, 3.05) is 0 Å². The molecule has 0 aliphatic rings. The maximum atomic E-state index is 12.2. The van der Waals surface area contributed by atoms with Gasteiger partial charge in [-0.05, 0) is 30.3 Å². The molecule has 0 bridgehead atoms. The minimum Gasteiger partial charge on any atom is -0.424 e. The van der Waals surface area contributed by atoms with Crippen LogP contribution in [0.15, 0.2) is 42.7 Å². The first-order valence-electron chi connectivity index (χ1n) is 4.72. The third kappa shape index (κ3) is 3.67. The zero-order valence-corrected chi connectivity index (χ0v) is 9.67. The van der Waals surface area contributed by atoms with E-state index in [4.69, 9.17) is 4.74 Å². The largest absolute Gasteiger partial charge is 0.488 e. The Hall–Kier alpha value is -2.22. The molecule has 0 aliphatic heterocycles. The van der Waals surface area contributed by atoms with Gasteiger partial charge < -0.3 is 8.92 Å². The first kappa shape index (κ1) is 12.2. The zero-order chi connectivity index (χ0) is 13.0. The third-order valence-electron chi connectivity index (χ3n) is 1.77. The van der Waals surface area contributed by atoms with Gasteiger partial charge in [-0.1, -0.05) is 3.89 Å². The Labute approximate surface area is 102 Å². The van der Waals surface area contributed by atoms with E-state index >= 15 is 0 Å². The molecule has 0 saturated heterocycles. The van der Waals surface area contributed by atoms with E-state index in [1.807, 2.05) is 0 Å². The minimum atomic E-state index is -5.01. The Kier molecular flexibility index (Phi) is 3.38. The maximum Gasteiger partial charge on any atom is 0.488 e. The SMILES string of the molecule is O=S(=O)(F)Oc1ccc(Oc2ncccn2)cc1. The molecule has 8 heteroatoms. The van der Waals surface area contributed by atoms with Gasteiger partial charge >= 0.3 is 16.5 Å². The van der Waals surface area contributed by atoms with Crippen molar-refractivity contribution in [1.82, 2.24) is 9.97 Å². The third-order valence-corrected chi connectivity index (χ3v) is 2.16. The molecule has 6 nitrogen and oxygen atoms in total. The number of hydrogen-bond acceptors (Lipinski definition) is 6. The molecule has 0 spiro atoms. The molecule has 18 heavy (non-hydrogen) atoms. The lowest BCUT2D eigenvalue weighted by Crippen LogP contribution is -2.00. The van der Waals surface area contributed by atoms with E-state index in [2.05, 4.69) is 14.2 Å². The van der Waals surface area contributed by atoms with Gasteiger partial charge in [0, 0.05) is 12.4 Å². The van der Waals surface area contributed by atoms with Crippen LogP contribution in [0.1, 0.15) is 0 Å². The standard InChI is InChI=1S/C10H7FN2O4S/c11-18(14,15)17-9-4-2-8(3-5-9)16-10-12-6-1-7-13-10/h1-7H. The molecule has 0 aliphatic carbocycles. The van der Waals surface area contributed by atoms with Crippen LogP contribution in [0.4, 0.5) is 3.89 Å². The fourth-order valence-corrected chi connectivity index (χ4v) is 1.46. The van der Waals surface area contributed by atoms with Crippen molar-refractivity contribution in [3.8, 4) is 17.5 Å². The van der Waals surface area contributed by atoms with E-state index in [9.17, 15) is 12.3 Å². The number of aromatic nitrogens is 2. The van der Waals surface area contributed by atoms with E-state index in [1.54, 1.807) is 6.07 Å². The van der Waals surface area contributed by atoms with Crippen molar-refractivity contribution in [2.24, 2.45) is 0 Å². The molecule has 0 unspecified atom stereocenters. The van der Waals surface area contributed by atoms with Crippen LogP contribution in [0.25, 0.3) is 0 Å². The van der Waals surface area contributed by atoms with Crippen LogP contribution in [-0.4, -0.2) is 18.4 Å². The summed E-state index contributed by atoms with van der Waals surface area (Å²) in [4.78, 5) is 7.67. The van der Waals surface area contributed by atoms with Crippen molar-refractivity contribution < 1.29 is 21.2 Å². The summed E-state index contributed by atoms with van der Waals surface area (Å²) in [5.74, 6) is 0.212. The molecule has 1 aromatic carbocycles. The highest BCUT2D eigenvalue weighted by molar-refractivity contribution is 7.81. The van der Waals surface area contributed by atoms with E-state index < -0.39 is 10.5 Å². The van der Waals surface area contributed by atoms with Gasteiger partial charge in [0.15, 0.2) is 0 Å². The monoisotopic (exact) mass is 270 g/mol. The first-order valence-corrected chi connectivity index (χ1v) is 6.03. The molecule has 0 radical (unpaired) electrons. The van der Waals surface area contributed by atoms with Crippen molar-refractivity contribution in [1.29, 1.82) is 0 Å². The fraction of sp³-hybridized carbons (Fsp3) is 0. The molecule has 0 N–H and O–H groups in total. The zero-order valence-electron chi connectivity index (χ0n) is 8.86. The Morgan fingerprint density at radius 1 is 1.00 bits per heavy atom. The normalized spacial score (nSPS) is 10.9. The molecule has 1 aromatic heterocycles. The topological polar surface area (TPSA) is 78.4 Å². The van der Waals surface area contributed by atoms with Crippen LogP contribution < -0.4 is 8.92 Å². The molecule has 2 rings (SSSR count). The number of halogens is 1. The summed E-state index contributed by atoms with van der Waals surface area (Å²) in [5, 5.41) is 0. The lowest BCUT2D eigenvalue weighted by molar-refractivity contribution is 0.432. The van der Waals surface area contributed by atoms with Gasteiger partial charge in [-0.25, -0.2) is 9.97 Å². The second kappa shape index (κ2) is 4.96. The second-order valence-corrected chi connectivity index (χ2v) is 4.03. The summed E-state index contributed by atoms with van der Waals surface area (Å²) in [6.07, 6.45) is 3.02. The van der Waals surface area contributed by atoms with E-state index in [-0.39, 0.29) is 11.8 Å². The molecule has 0 amide bonds. The van der Waals surface area contributed by atoms with Crippen LogP contribution in [-0.2, 0) is 10.5 Å². The molecule has 0 saturated carbocycles. The summed E-state index contributed by atoms with van der Waals surface area (Å²) in [6.45, 7) is 0. The highest BCUT2D eigenvalue weighted by atomic mass is 32.3. The van der Waals surface area contributed by atoms with Crippen molar-refractivity contribution >= 4 is 10.5 Å². The van der Waals surface area contributed by atoms with E-state index in [0.717, 1.165) is 0 Å². The van der Waals surface area contributed by atoms with Gasteiger partial charge in [-0.2, -0.15) is 8.42 Å². The smallest absolute Gasteiger partial charge is 0.424 e. The number of benzene rings is 1. The molecule has 94 valence electrons. The second-order valence-electron chi connectivity index (χ2n) is 3.08. The summed E-state index contributed by atoms with van der Waals surface area (Å²) in [7, 11) is -5.01. The number of rotatable bonds is 4. The predicted molar refractivity (Wildman–Crippen MR) is 59.2 cm³/mol. The van der Waals surface area contributed by atoms with Crippen molar-refractivity contribution in [2.45, 2.75) is 0 Å². The van der Waals surface area contributed by atoms with Crippen LogP contribution in [0.5, 0.6) is 17.5 Å². The summed E-state index contributed by atoms with van der Waals surface area (Å²) in [5.41, 5.74) is 0. The Morgan fingerprint density at radius 2 is 1.56 bits per heavy atom. The van der Waals surface area contributed by atoms with Gasteiger partial charge in [-0.15, -0.1) is 0 Å². The maximum absolute atomic E-state index is 12.2. The van der Waals surface area contributed by atoms with Gasteiger partial charge in [0.05, 0.1) is 0 Å². The molecule has 0 atom stereocenters. The van der Waals surface area contributed by atoms with Crippen molar-refractivity contribution in [3.63, 3.8) is 0 Å². The molecule has 0 fully saturated rings. The van der Waals surface area contributed by atoms with Crippen LogP contribution >= 0.6 is 0 Å². The number of hydrogen-bond donors (Lipinski definition) is 0. The van der Waals surface area contributed by atoms with Crippen LogP contribution in [0.2, 0.25) is 0 Å². The highest BCUT2D eigenvalue weighted by Crippen LogP contribution is 2.22. The summed E-state index contributed by atoms with van der Waals surface area (Å²) in [6, 6.07) is 7.07. The molecule has 1 heterocycles. The quantitative estimate of drug-likeness (QED) is 0.789. The number of nitrogens with zero attached hydrogens (tertiary/aromatic N) is 2. The van der Waals surface area contributed by atoms with Crippen LogP contribution in [0, 0.1) is 0 Å². The first-order chi connectivity index (χ1) is 8.53. The van der Waals surface area contributed by atoms with Crippen LogP contribution in [0.3, 0.4) is 0 Å². The minimum absolute atomic E-state index is 0.143. The Morgan fingerprint density at radius 3 is 2.11 bits per heavy atom. The van der Waals surface area contributed by atoms with E-state index in [0.29, 0.717) is 5.75 Å². The Bertz CT molecular complexity index is 616. The van der Waals surface area contributed by atoms with Gasteiger partial charge in [0.2, 0.25) is 0 Å². The lowest BCUT2D eigenvalue weighted by Gasteiger charge is -2.04. The molecule has 2 aromatic rings. The molecular formula is C10H7FN2O4S. The Balaban J connectivity index is 2.09. The average Bonchev–Trinajstić information content (AvgIpc) is 2.31. The number of ether oxygens (including phenoxy) is 1. The van der Waals surface area contributed by atoms with Gasteiger partial charge in [0.25, 0.3) is 0 Å². The van der Waals surface area contributed by atoms with Crippen molar-refractivity contribution in [3.05, 3.63) is 42.7 Å². The molecular weight excluding hydrogens is 263 g/mol.